The molecule has 0 unspecified atom stereocenters. The second kappa shape index (κ2) is 5.05. The number of hydrogen-bond acceptors (Lipinski definition) is 3. The van der Waals surface area contributed by atoms with E-state index >= 15 is 0 Å². The molecule has 0 aliphatic heterocycles. The van der Waals surface area contributed by atoms with Crippen LogP contribution in [0.1, 0.15) is 30.0 Å². The van der Waals surface area contributed by atoms with Crippen LogP contribution in [0.2, 0.25) is 0 Å². The standard InChI is InChI=1S/C9H14N2O2S/c1-3-7-5-8(9(12)13)11(10-7)6-14-4-2/h5H,3-4,6H2,1-2H3,(H,12,13). The van der Waals surface area contributed by atoms with Crippen LogP contribution in [0.15, 0.2) is 6.07 Å². The molecular formula is C9H14N2O2S. The fourth-order valence-corrected chi connectivity index (χ4v) is 1.64. The smallest absolute Gasteiger partial charge is 0.354 e. The van der Waals surface area contributed by atoms with Gasteiger partial charge in [-0.2, -0.15) is 5.10 Å². The lowest BCUT2D eigenvalue weighted by Gasteiger charge is -2.01. The van der Waals surface area contributed by atoms with Crippen molar-refractivity contribution in [3.8, 4) is 0 Å². The lowest BCUT2D eigenvalue weighted by Crippen LogP contribution is -2.08. The SMILES string of the molecule is CCSCn1nc(CC)cc1C(=O)O. The van der Waals surface area contributed by atoms with Gasteiger partial charge >= 0.3 is 5.97 Å². The van der Waals surface area contributed by atoms with Crippen LogP contribution in [0.4, 0.5) is 0 Å². The number of aromatic carboxylic acids is 1. The highest BCUT2D eigenvalue weighted by Crippen LogP contribution is 2.10. The minimum absolute atomic E-state index is 0.280. The monoisotopic (exact) mass is 214 g/mol. The average molecular weight is 214 g/mol. The molecule has 14 heavy (non-hydrogen) atoms. The maximum atomic E-state index is 10.8. The number of nitrogens with zero attached hydrogens (tertiary/aromatic N) is 2. The topological polar surface area (TPSA) is 55.1 Å². The van der Waals surface area contributed by atoms with Gasteiger partial charge in [0.25, 0.3) is 0 Å². The van der Waals surface area contributed by atoms with Crippen LogP contribution in [-0.2, 0) is 12.3 Å². The highest BCUT2D eigenvalue weighted by molar-refractivity contribution is 7.98. The number of carboxylic acids is 1. The summed E-state index contributed by atoms with van der Waals surface area (Å²) >= 11 is 1.65. The summed E-state index contributed by atoms with van der Waals surface area (Å²) in [4.78, 5) is 10.8. The quantitative estimate of drug-likeness (QED) is 0.812. The molecule has 0 aromatic carbocycles. The summed E-state index contributed by atoms with van der Waals surface area (Å²) in [5, 5.41) is 13.1. The Bertz CT molecular complexity index is 323. The zero-order valence-corrected chi connectivity index (χ0v) is 9.17. The van der Waals surface area contributed by atoms with Crippen molar-refractivity contribution < 1.29 is 9.90 Å². The molecule has 5 heteroatoms. The molecule has 0 saturated carbocycles. The second-order valence-electron chi connectivity index (χ2n) is 2.80. The molecule has 0 aliphatic rings. The maximum Gasteiger partial charge on any atom is 0.354 e. The highest BCUT2D eigenvalue weighted by Gasteiger charge is 2.12. The number of rotatable bonds is 5. The molecule has 1 rings (SSSR count). The van der Waals surface area contributed by atoms with Crippen LogP contribution >= 0.6 is 11.8 Å². The summed E-state index contributed by atoms with van der Waals surface area (Å²) in [5.41, 5.74) is 1.11. The van der Waals surface area contributed by atoms with E-state index in [2.05, 4.69) is 5.10 Å². The van der Waals surface area contributed by atoms with E-state index in [9.17, 15) is 4.79 Å². The number of thioether (sulfide) groups is 1. The van der Waals surface area contributed by atoms with E-state index in [4.69, 9.17) is 5.11 Å². The van der Waals surface area contributed by atoms with Gasteiger partial charge in [-0.05, 0) is 18.2 Å². The Labute approximate surface area is 87.3 Å². The molecule has 78 valence electrons. The summed E-state index contributed by atoms with van der Waals surface area (Å²) < 4.78 is 1.55. The maximum absolute atomic E-state index is 10.8. The largest absolute Gasteiger partial charge is 0.477 e. The van der Waals surface area contributed by atoms with Crippen molar-refractivity contribution in [1.82, 2.24) is 9.78 Å². The molecule has 0 atom stereocenters. The van der Waals surface area contributed by atoms with E-state index in [1.54, 1.807) is 22.5 Å². The third kappa shape index (κ3) is 2.51. The first kappa shape index (κ1) is 11.1. The van der Waals surface area contributed by atoms with Gasteiger partial charge in [-0.3, -0.25) is 0 Å². The van der Waals surface area contributed by atoms with Crippen molar-refractivity contribution in [3.05, 3.63) is 17.5 Å². The fourth-order valence-electron chi connectivity index (χ4n) is 1.09. The van der Waals surface area contributed by atoms with Crippen LogP contribution in [0.5, 0.6) is 0 Å². The van der Waals surface area contributed by atoms with Gasteiger partial charge in [0.05, 0.1) is 11.6 Å². The van der Waals surface area contributed by atoms with Crippen molar-refractivity contribution in [2.45, 2.75) is 26.1 Å². The van der Waals surface area contributed by atoms with E-state index in [1.807, 2.05) is 13.8 Å². The molecule has 0 bridgehead atoms. The molecule has 0 aliphatic carbocycles. The molecule has 0 amide bonds. The van der Waals surface area contributed by atoms with E-state index < -0.39 is 5.97 Å². The number of carboxylic acid groups (broad SMARTS) is 1. The molecule has 0 spiro atoms. The van der Waals surface area contributed by atoms with Crippen molar-refractivity contribution in [1.29, 1.82) is 0 Å². The summed E-state index contributed by atoms with van der Waals surface area (Å²) in [7, 11) is 0. The first-order valence-electron chi connectivity index (χ1n) is 4.56. The lowest BCUT2D eigenvalue weighted by molar-refractivity contribution is 0.0684. The van der Waals surface area contributed by atoms with Gasteiger partial charge < -0.3 is 5.11 Å². The molecule has 1 aromatic rings. The van der Waals surface area contributed by atoms with Crippen molar-refractivity contribution in [2.75, 3.05) is 5.75 Å². The Kier molecular flexibility index (Phi) is 4.00. The highest BCUT2D eigenvalue weighted by atomic mass is 32.2. The van der Waals surface area contributed by atoms with E-state index in [0.29, 0.717) is 5.88 Å². The summed E-state index contributed by atoms with van der Waals surface area (Å²) in [6, 6.07) is 1.64. The van der Waals surface area contributed by atoms with Crippen LogP contribution < -0.4 is 0 Å². The van der Waals surface area contributed by atoms with Gasteiger partial charge in [0, 0.05) is 0 Å². The predicted octanol–water partition coefficient (Wildman–Crippen LogP) is 1.85. The van der Waals surface area contributed by atoms with Crippen LogP contribution in [0, 0.1) is 0 Å². The third-order valence-corrected chi connectivity index (χ3v) is 2.67. The van der Waals surface area contributed by atoms with Gasteiger partial charge in [-0.1, -0.05) is 13.8 Å². The first-order valence-corrected chi connectivity index (χ1v) is 5.72. The Hall–Kier alpha value is -0.970. The van der Waals surface area contributed by atoms with Crippen LogP contribution in [0.3, 0.4) is 0 Å². The predicted molar refractivity (Wildman–Crippen MR) is 56.7 cm³/mol. The minimum atomic E-state index is -0.908. The van der Waals surface area contributed by atoms with E-state index in [-0.39, 0.29) is 5.69 Å². The van der Waals surface area contributed by atoms with Gasteiger partial charge in [-0.25, -0.2) is 9.48 Å². The normalized spacial score (nSPS) is 10.4. The Morgan fingerprint density at radius 1 is 1.64 bits per heavy atom. The number of aromatic nitrogens is 2. The van der Waals surface area contributed by atoms with Crippen LogP contribution in [-0.4, -0.2) is 26.6 Å². The van der Waals surface area contributed by atoms with E-state index in [1.165, 1.54) is 0 Å². The second-order valence-corrected chi connectivity index (χ2v) is 4.04. The molecule has 0 saturated heterocycles. The summed E-state index contributed by atoms with van der Waals surface area (Å²) in [5.74, 6) is 0.660. The first-order chi connectivity index (χ1) is 6.69. The molecule has 1 heterocycles. The zero-order chi connectivity index (χ0) is 10.6. The zero-order valence-electron chi connectivity index (χ0n) is 8.36. The average Bonchev–Trinajstić information content (AvgIpc) is 2.58. The Morgan fingerprint density at radius 2 is 2.36 bits per heavy atom. The molecule has 0 radical (unpaired) electrons. The van der Waals surface area contributed by atoms with Crippen molar-refractivity contribution >= 4 is 17.7 Å². The van der Waals surface area contributed by atoms with Crippen molar-refractivity contribution in [2.24, 2.45) is 0 Å². The van der Waals surface area contributed by atoms with E-state index in [0.717, 1.165) is 17.9 Å². The van der Waals surface area contributed by atoms with Gasteiger partial charge in [0.15, 0.2) is 0 Å². The fraction of sp³-hybridized carbons (Fsp3) is 0.556. The minimum Gasteiger partial charge on any atom is -0.477 e. The van der Waals surface area contributed by atoms with Gasteiger partial charge in [0.1, 0.15) is 5.69 Å². The number of carbonyl (C=O) groups is 1. The Balaban J connectivity index is 2.88. The molecule has 0 fully saturated rings. The molecular weight excluding hydrogens is 200 g/mol. The third-order valence-electron chi connectivity index (χ3n) is 1.83. The van der Waals surface area contributed by atoms with Crippen molar-refractivity contribution in [3.63, 3.8) is 0 Å². The molecule has 1 N–H and O–H groups in total. The number of aryl methyl sites for hydroxylation is 1. The van der Waals surface area contributed by atoms with Crippen LogP contribution in [0.25, 0.3) is 0 Å². The Morgan fingerprint density at radius 3 is 2.86 bits per heavy atom. The lowest BCUT2D eigenvalue weighted by atomic mass is 10.3. The summed E-state index contributed by atoms with van der Waals surface area (Å²) in [6.45, 7) is 4.00. The summed E-state index contributed by atoms with van der Waals surface area (Å²) in [6.07, 6.45) is 0.768. The molecule has 1 aromatic heterocycles. The molecule has 4 nitrogen and oxygen atoms in total. The van der Waals surface area contributed by atoms with Gasteiger partial charge in [0.2, 0.25) is 0 Å². The van der Waals surface area contributed by atoms with Gasteiger partial charge in [-0.15, -0.1) is 11.8 Å². The number of hydrogen-bond donors (Lipinski definition) is 1.